The first-order valence-corrected chi connectivity index (χ1v) is 9.20. The molecule has 0 bridgehead atoms. The van der Waals surface area contributed by atoms with Gasteiger partial charge >= 0.3 is 0 Å². The number of hydrogen-bond acceptors (Lipinski definition) is 4. The van der Waals surface area contributed by atoms with E-state index in [0.29, 0.717) is 5.69 Å². The molecule has 1 atom stereocenters. The van der Waals surface area contributed by atoms with Crippen molar-refractivity contribution in [3.63, 3.8) is 0 Å². The van der Waals surface area contributed by atoms with E-state index < -0.39 is 12.0 Å². The zero-order valence-electron chi connectivity index (χ0n) is 15.7. The molecule has 2 aromatic carbocycles. The Bertz CT molecular complexity index is 858. The maximum absolute atomic E-state index is 12.3. The highest BCUT2D eigenvalue weighted by atomic mass is 79.9. The second kappa shape index (κ2) is 9.32. The molecule has 6 nitrogen and oxygen atoms in total. The maximum atomic E-state index is 12.3. The Morgan fingerprint density at radius 1 is 1.11 bits per heavy atom. The molecular formula is C20H22BrN3O3. The molecule has 0 fully saturated rings. The quantitative estimate of drug-likeness (QED) is 0.527. The van der Waals surface area contributed by atoms with Gasteiger partial charge in [0.05, 0.1) is 5.69 Å². The minimum Gasteiger partial charge on any atom is -0.383 e. The molecule has 7 heteroatoms. The second-order valence-corrected chi connectivity index (χ2v) is 7.07. The molecule has 0 saturated carbocycles. The summed E-state index contributed by atoms with van der Waals surface area (Å²) in [5.74, 6) is -0.798. The summed E-state index contributed by atoms with van der Waals surface area (Å²) in [5.41, 5.74) is 4.46. The van der Waals surface area contributed by atoms with Crippen LogP contribution in [0.15, 0.2) is 46.0 Å². The predicted molar refractivity (Wildman–Crippen MR) is 111 cm³/mol. The molecule has 1 unspecified atom stereocenters. The monoisotopic (exact) mass is 431 g/mol. The Kier molecular flexibility index (Phi) is 7.12. The molecule has 0 aliphatic carbocycles. The summed E-state index contributed by atoms with van der Waals surface area (Å²) in [5, 5.41) is 9.11. The van der Waals surface area contributed by atoms with E-state index in [-0.39, 0.29) is 5.91 Å². The molecule has 27 heavy (non-hydrogen) atoms. The van der Waals surface area contributed by atoms with Crippen molar-refractivity contribution in [1.29, 1.82) is 0 Å². The molecular weight excluding hydrogens is 410 g/mol. The maximum Gasteiger partial charge on any atom is 0.270 e. The van der Waals surface area contributed by atoms with Gasteiger partial charge in [-0.25, -0.2) is 0 Å². The van der Waals surface area contributed by atoms with Crippen LogP contribution in [0.25, 0.3) is 0 Å². The fraction of sp³-hybridized carbons (Fsp3) is 0.250. The Labute approximate surface area is 167 Å². The van der Waals surface area contributed by atoms with E-state index in [4.69, 9.17) is 4.84 Å². The van der Waals surface area contributed by atoms with Crippen molar-refractivity contribution in [2.45, 2.75) is 33.8 Å². The van der Waals surface area contributed by atoms with Gasteiger partial charge in [-0.1, -0.05) is 35.0 Å². The normalized spacial score (nSPS) is 11.9. The Morgan fingerprint density at radius 2 is 1.74 bits per heavy atom. The lowest BCUT2D eigenvalue weighted by Crippen LogP contribution is -2.27. The summed E-state index contributed by atoms with van der Waals surface area (Å²) in [6.45, 7) is 7.44. The van der Waals surface area contributed by atoms with Gasteiger partial charge < -0.3 is 15.5 Å². The van der Waals surface area contributed by atoms with Crippen LogP contribution in [0.5, 0.6) is 0 Å². The number of carbonyl (C=O) groups excluding carboxylic acids is 2. The SMILES string of the molecule is Cc1cc(C)c(NC(=O)C(C)O/N=C/C(=O)Nc2ccccc2Br)c(C)c1. The molecule has 0 aliphatic heterocycles. The summed E-state index contributed by atoms with van der Waals surface area (Å²) >= 11 is 3.34. The van der Waals surface area contributed by atoms with E-state index in [2.05, 4.69) is 31.7 Å². The lowest BCUT2D eigenvalue weighted by Gasteiger charge is -2.15. The topological polar surface area (TPSA) is 79.8 Å². The van der Waals surface area contributed by atoms with E-state index in [1.165, 1.54) is 0 Å². The van der Waals surface area contributed by atoms with Crippen LogP contribution in [0.4, 0.5) is 11.4 Å². The number of benzene rings is 2. The Morgan fingerprint density at radius 3 is 2.37 bits per heavy atom. The summed E-state index contributed by atoms with van der Waals surface area (Å²) in [7, 11) is 0. The summed E-state index contributed by atoms with van der Waals surface area (Å²) in [6, 6.07) is 11.2. The Hall–Kier alpha value is -2.67. The molecule has 0 saturated heterocycles. The van der Waals surface area contributed by atoms with Crippen molar-refractivity contribution in [3.8, 4) is 0 Å². The van der Waals surface area contributed by atoms with Gasteiger partial charge in [-0.05, 0) is 66.9 Å². The van der Waals surface area contributed by atoms with Crippen LogP contribution in [0, 0.1) is 20.8 Å². The van der Waals surface area contributed by atoms with Crippen molar-refractivity contribution in [2.24, 2.45) is 5.16 Å². The number of hydrogen-bond donors (Lipinski definition) is 2. The van der Waals surface area contributed by atoms with Crippen molar-refractivity contribution >= 4 is 45.3 Å². The zero-order chi connectivity index (χ0) is 20.0. The minimum atomic E-state index is -0.849. The molecule has 0 aromatic heterocycles. The molecule has 0 aliphatic rings. The minimum absolute atomic E-state index is 0.339. The average Bonchev–Trinajstić information content (AvgIpc) is 2.59. The number of halogens is 1. The molecule has 0 spiro atoms. The van der Waals surface area contributed by atoms with Gasteiger partial charge in [0.2, 0.25) is 6.10 Å². The number of oxime groups is 1. The van der Waals surface area contributed by atoms with Gasteiger partial charge in [0.1, 0.15) is 6.21 Å². The average molecular weight is 432 g/mol. The number of nitrogens with zero attached hydrogens (tertiary/aromatic N) is 1. The lowest BCUT2D eigenvalue weighted by atomic mass is 10.0. The first-order chi connectivity index (χ1) is 12.8. The van der Waals surface area contributed by atoms with Gasteiger partial charge in [0.25, 0.3) is 11.8 Å². The van der Waals surface area contributed by atoms with Gasteiger partial charge in [0, 0.05) is 10.2 Å². The van der Waals surface area contributed by atoms with Crippen LogP contribution in [0.1, 0.15) is 23.6 Å². The fourth-order valence-electron chi connectivity index (χ4n) is 2.55. The van der Waals surface area contributed by atoms with Crippen molar-refractivity contribution < 1.29 is 14.4 Å². The highest BCUT2D eigenvalue weighted by molar-refractivity contribution is 9.10. The molecule has 2 rings (SSSR count). The number of rotatable bonds is 6. The van der Waals surface area contributed by atoms with Crippen molar-refractivity contribution in [1.82, 2.24) is 0 Å². The number of para-hydroxylation sites is 1. The predicted octanol–water partition coefficient (Wildman–Crippen LogP) is 4.34. The smallest absolute Gasteiger partial charge is 0.270 e. The molecule has 2 aromatic rings. The number of anilines is 2. The highest BCUT2D eigenvalue weighted by Gasteiger charge is 2.16. The largest absolute Gasteiger partial charge is 0.383 e. The molecule has 0 heterocycles. The van der Waals surface area contributed by atoms with Crippen LogP contribution in [-0.2, 0) is 14.4 Å². The Balaban J connectivity index is 1.90. The third kappa shape index (κ3) is 5.92. The summed E-state index contributed by atoms with van der Waals surface area (Å²) in [6.07, 6.45) is 0.142. The van der Waals surface area contributed by atoms with Crippen molar-refractivity contribution in [3.05, 3.63) is 57.6 Å². The summed E-state index contributed by atoms with van der Waals surface area (Å²) < 4.78 is 0.754. The third-order valence-corrected chi connectivity index (χ3v) is 4.51. The number of carbonyl (C=O) groups is 2. The van der Waals surface area contributed by atoms with E-state index in [9.17, 15) is 9.59 Å². The third-order valence-electron chi connectivity index (χ3n) is 3.82. The van der Waals surface area contributed by atoms with Crippen LogP contribution < -0.4 is 10.6 Å². The first kappa shape index (κ1) is 20.6. The molecule has 0 radical (unpaired) electrons. The van der Waals surface area contributed by atoms with Gasteiger partial charge in [-0.2, -0.15) is 0 Å². The van der Waals surface area contributed by atoms with Gasteiger partial charge in [-0.15, -0.1) is 0 Å². The van der Waals surface area contributed by atoms with Gasteiger partial charge in [-0.3, -0.25) is 9.59 Å². The van der Waals surface area contributed by atoms with Crippen molar-refractivity contribution in [2.75, 3.05) is 10.6 Å². The molecule has 2 N–H and O–H groups in total. The number of aryl methyl sites for hydroxylation is 3. The molecule has 142 valence electrons. The van der Waals surface area contributed by atoms with Crippen LogP contribution in [0.3, 0.4) is 0 Å². The van der Waals surface area contributed by atoms with Gasteiger partial charge in [0.15, 0.2) is 0 Å². The highest BCUT2D eigenvalue weighted by Crippen LogP contribution is 2.22. The fourth-order valence-corrected chi connectivity index (χ4v) is 2.93. The standard InChI is InChI=1S/C20H22BrN3O3/c1-12-9-13(2)19(14(3)10-12)24-20(26)15(4)27-22-11-18(25)23-17-8-6-5-7-16(17)21/h5-11,15H,1-4H3,(H,23,25)(H,24,26)/b22-11+. The first-order valence-electron chi connectivity index (χ1n) is 8.41. The van der Waals surface area contributed by atoms with E-state index in [1.807, 2.05) is 45.0 Å². The van der Waals surface area contributed by atoms with E-state index >= 15 is 0 Å². The van der Waals surface area contributed by atoms with Crippen LogP contribution >= 0.6 is 15.9 Å². The number of nitrogens with one attached hydrogen (secondary N) is 2. The molecule has 2 amide bonds. The van der Waals surface area contributed by atoms with Crippen LogP contribution in [-0.4, -0.2) is 24.1 Å². The van der Waals surface area contributed by atoms with Crippen LogP contribution in [0.2, 0.25) is 0 Å². The summed E-state index contributed by atoms with van der Waals surface area (Å²) in [4.78, 5) is 29.3. The lowest BCUT2D eigenvalue weighted by molar-refractivity contribution is -0.126. The second-order valence-electron chi connectivity index (χ2n) is 6.21. The van der Waals surface area contributed by atoms with E-state index in [0.717, 1.165) is 33.1 Å². The van der Waals surface area contributed by atoms with E-state index in [1.54, 1.807) is 19.1 Å². The zero-order valence-corrected chi connectivity index (χ0v) is 17.3. The number of amides is 2.